The second-order valence-electron chi connectivity index (χ2n) is 4.70. The second kappa shape index (κ2) is 6.02. The summed E-state index contributed by atoms with van der Waals surface area (Å²) >= 11 is 0. The Morgan fingerprint density at radius 3 is 2.35 bits per heavy atom. The van der Waals surface area contributed by atoms with Crippen molar-refractivity contribution < 1.29 is 0 Å². The molecular formula is C15H17N5. The number of aromatic nitrogens is 2. The van der Waals surface area contributed by atoms with Gasteiger partial charge in [-0.15, -0.1) is 0 Å². The van der Waals surface area contributed by atoms with Crippen molar-refractivity contribution in [1.82, 2.24) is 9.97 Å². The molecule has 5 nitrogen and oxygen atoms in total. The number of hydrogen-bond donors (Lipinski definition) is 2. The van der Waals surface area contributed by atoms with Crippen LogP contribution in [0.2, 0.25) is 0 Å². The summed E-state index contributed by atoms with van der Waals surface area (Å²) in [7, 11) is 0. The average Bonchev–Trinajstić information content (AvgIpc) is 2.41. The summed E-state index contributed by atoms with van der Waals surface area (Å²) < 4.78 is 0. The van der Waals surface area contributed by atoms with Crippen molar-refractivity contribution in [2.45, 2.75) is 20.8 Å². The standard InChI is InChI=1S/C15H17N5/c1-10-6-11(2)15(12(3)7-10)20-14-8-13(17-5-4-16)18-9-19-14/h6-9H,5H2,1-3H3,(H2,17,18,19,20). The van der Waals surface area contributed by atoms with Crippen LogP contribution in [-0.4, -0.2) is 16.5 Å². The van der Waals surface area contributed by atoms with Gasteiger partial charge in [-0.2, -0.15) is 5.26 Å². The van der Waals surface area contributed by atoms with E-state index in [0.717, 1.165) is 5.69 Å². The lowest BCUT2D eigenvalue weighted by atomic mass is 10.1. The molecule has 0 atom stereocenters. The van der Waals surface area contributed by atoms with Gasteiger partial charge in [-0.05, 0) is 31.9 Å². The number of nitrogens with zero attached hydrogens (tertiary/aromatic N) is 3. The maximum Gasteiger partial charge on any atom is 0.135 e. The third-order valence-electron chi connectivity index (χ3n) is 2.95. The Kier molecular flexibility index (Phi) is 4.16. The molecule has 2 rings (SSSR count). The van der Waals surface area contributed by atoms with E-state index in [-0.39, 0.29) is 6.54 Å². The van der Waals surface area contributed by atoms with Gasteiger partial charge in [-0.1, -0.05) is 17.7 Å². The molecule has 0 aliphatic carbocycles. The van der Waals surface area contributed by atoms with Crippen molar-refractivity contribution in [3.8, 4) is 6.07 Å². The first-order chi connectivity index (χ1) is 9.60. The zero-order valence-corrected chi connectivity index (χ0v) is 11.9. The molecule has 0 aliphatic heterocycles. The number of benzene rings is 1. The molecule has 2 N–H and O–H groups in total. The number of rotatable bonds is 4. The maximum absolute atomic E-state index is 8.56. The van der Waals surface area contributed by atoms with Crippen molar-refractivity contribution in [3.63, 3.8) is 0 Å². The molecule has 2 aromatic rings. The van der Waals surface area contributed by atoms with Crippen molar-refractivity contribution in [3.05, 3.63) is 41.2 Å². The Morgan fingerprint density at radius 1 is 1.05 bits per heavy atom. The predicted octanol–water partition coefficient (Wildman–Crippen LogP) is 3.08. The van der Waals surface area contributed by atoms with E-state index in [1.54, 1.807) is 6.07 Å². The fourth-order valence-corrected chi connectivity index (χ4v) is 2.16. The van der Waals surface area contributed by atoms with Gasteiger partial charge in [0.25, 0.3) is 0 Å². The largest absolute Gasteiger partial charge is 0.357 e. The minimum Gasteiger partial charge on any atom is -0.357 e. The summed E-state index contributed by atoms with van der Waals surface area (Å²) in [5.41, 5.74) is 4.64. The maximum atomic E-state index is 8.56. The van der Waals surface area contributed by atoms with Crippen LogP contribution in [0.4, 0.5) is 17.3 Å². The summed E-state index contributed by atoms with van der Waals surface area (Å²) in [6, 6.07) is 8.07. The van der Waals surface area contributed by atoms with Gasteiger partial charge in [0, 0.05) is 11.8 Å². The molecule has 1 heterocycles. The number of nitrogens with one attached hydrogen (secondary N) is 2. The SMILES string of the molecule is Cc1cc(C)c(Nc2cc(NCC#N)ncn2)c(C)c1. The first kappa shape index (κ1) is 13.8. The molecule has 20 heavy (non-hydrogen) atoms. The highest BCUT2D eigenvalue weighted by atomic mass is 15.1. The summed E-state index contributed by atoms with van der Waals surface area (Å²) in [6.45, 7) is 6.44. The Labute approximate surface area is 118 Å². The molecule has 0 unspecified atom stereocenters. The summed E-state index contributed by atoms with van der Waals surface area (Å²) in [4.78, 5) is 8.27. The number of hydrogen-bond acceptors (Lipinski definition) is 5. The van der Waals surface area contributed by atoms with Crippen LogP contribution in [0.3, 0.4) is 0 Å². The van der Waals surface area contributed by atoms with Gasteiger partial charge in [0.2, 0.25) is 0 Å². The molecule has 0 spiro atoms. The number of anilines is 3. The van der Waals surface area contributed by atoms with Crippen LogP contribution in [0, 0.1) is 32.1 Å². The molecule has 1 aromatic carbocycles. The topological polar surface area (TPSA) is 73.6 Å². The van der Waals surface area contributed by atoms with Crippen molar-refractivity contribution in [1.29, 1.82) is 5.26 Å². The predicted molar refractivity (Wildman–Crippen MR) is 80.1 cm³/mol. The molecule has 0 fully saturated rings. The van der Waals surface area contributed by atoms with E-state index in [9.17, 15) is 0 Å². The van der Waals surface area contributed by atoms with Crippen molar-refractivity contribution >= 4 is 17.3 Å². The highest BCUT2D eigenvalue weighted by Gasteiger charge is 2.05. The van der Waals surface area contributed by atoms with Gasteiger partial charge in [0.05, 0.1) is 6.07 Å². The minimum absolute atomic E-state index is 0.221. The van der Waals surface area contributed by atoms with E-state index in [4.69, 9.17) is 5.26 Å². The molecule has 5 heteroatoms. The Balaban J connectivity index is 2.24. The van der Waals surface area contributed by atoms with Crippen molar-refractivity contribution in [2.75, 3.05) is 17.2 Å². The molecule has 0 saturated carbocycles. The van der Waals surface area contributed by atoms with Crippen LogP contribution in [0.25, 0.3) is 0 Å². The van der Waals surface area contributed by atoms with E-state index in [1.807, 2.05) is 6.07 Å². The molecule has 102 valence electrons. The normalized spacial score (nSPS) is 9.90. The van der Waals surface area contributed by atoms with Crippen LogP contribution in [0.1, 0.15) is 16.7 Å². The van der Waals surface area contributed by atoms with Crippen LogP contribution in [0.5, 0.6) is 0 Å². The van der Waals surface area contributed by atoms with Crippen LogP contribution in [0.15, 0.2) is 24.5 Å². The molecule has 0 saturated heterocycles. The Hall–Kier alpha value is -2.61. The number of aryl methyl sites for hydroxylation is 3. The van der Waals surface area contributed by atoms with Gasteiger partial charge >= 0.3 is 0 Å². The highest BCUT2D eigenvalue weighted by molar-refractivity contribution is 5.66. The highest BCUT2D eigenvalue weighted by Crippen LogP contribution is 2.25. The van der Waals surface area contributed by atoms with Gasteiger partial charge in [0.1, 0.15) is 24.5 Å². The fourth-order valence-electron chi connectivity index (χ4n) is 2.16. The van der Waals surface area contributed by atoms with E-state index in [2.05, 4.69) is 53.5 Å². The lowest BCUT2D eigenvalue weighted by Crippen LogP contribution is -2.04. The van der Waals surface area contributed by atoms with E-state index in [0.29, 0.717) is 11.6 Å². The van der Waals surface area contributed by atoms with Gasteiger partial charge in [-0.3, -0.25) is 0 Å². The van der Waals surface area contributed by atoms with E-state index in [1.165, 1.54) is 23.0 Å². The third-order valence-corrected chi connectivity index (χ3v) is 2.95. The second-order valence-corrected chi connectivity index (χ2v) is 4.70. The van der Waals surface area contributed by atoms with Crippen molar-refractivity contribution in [2.24, 2.45) is 0 Å². The van der Waals surface area contributed by atoms with Gasteiger partial charge in [0.15, 0.2) is 0 Å². The first-order valence-corrected chi connectivity index (χ1v) is 6.38. The monoisotopic (exact) mass is 267 g/mol. The zero-order chi connectivity index (χ0) is 14.5. The molecule has 0 aliphatic rings. The molecule has 0 bridgehead atoms. The van der Waals surface area contributed by atoms with E-state index >= 15 is 0 Å². The van der Waals surface area contributed by atoms with Gasteiger partial charge in [-0.25, -0.2) is 9.97 Å². The van der Waals surface area contributed by atoms with Crippen LogP contribution < -0.4 is 10.6 Å². The molecule has 0 amide bonds. The van der Waals surface area contributed by atoms with Crippen LogP contribution >= 0.6 is 0 Å². The van der Waals surface area contributed by atoms with Crippen LogP contribution in [-0.2, 0) is 0 Å². The quantitative estimate of drug-likeness (QED) is 0.833. The lowest BCUT2D eigenvalue weighted by Gasteiger charge is -2.13. The molecule has 0 radical (unpaired) electrons. The Morgan fingerprint density at radius 2 is 1.70 bits per heavy atom. The summed E-state index contributed by atoms with van der Waals surface area (Å²) in [6.07, 6.45) is 1.47. The third kappa shape index (κ3) is 3.23. The van der Waals surface area contributed by atoms with E-state index < -0.39 is 0 Å². The Bertz CT molecular complexity index is 635. The number of nitriles is 1. The zero-order valence-electron chi connectivity index (χ0n) is 11.9. The minimum atomic E-state index is 0.221. The van der Waals surface area contributed by atoms with Gasteiger partial charge < -0.3 is 10.6 Å². The smallest absolute Gasteiger partial charge is 0.135 e. The lowest BCUT2D eigenvalue weighted by molar-refractivity contribution is 1.14. The molecular weight excluding hydrogens is 250 g/mol. The fraction of sp³-hybridized carbons (Fsp3) is 0.267. The summed E-state index contributed by atoms with van der Waals surface area (Å²) in [5.74, 6) is 1.34. The molecule has 1 aromatic heterocycles. The summed E-state index contributed by atoms with van der Waals surface area (Å²) in [5, 5.41) is 14.8. The first-order valence-electron chi connectivity index (χ1n) is 6.38. The average molecular weight is 267 g/mol.